The molecule has 0 atom stereocenters. The van der Waals surface area contributed by atoms with E-state index in [-0.39, 0.29) is 12.5 Å². The number of nitrogens with zero attached hydrogens (tertiary/aromatic N) is 1. The second kappa shape index (κ2) is 12.5. The molecule has 1 N–H and O–H groups in total. The Morgan fingerprint density at radius 2 is 1.76 bits per heavy atom. The molecule has 0 bridgehead atoms. The van der Waals surface area contributed by atoms with E-state index in [0.717, 1.165) is 33.7 Å². The highest BCUT2D eigenvalue weighted by molar-refractivity contribution is 6.30. The van der Waals surface area contributed by atoms with Crippen LogP contribution < -0.4 is 10.1 Å². The number of methoxy groups -OCH3 is 1. The van der Waals surface area contributed by atoms with Crippen LogP contribution in [-0.2, 0) is 16.1 Å². The Bertz CT molecular complexity index is 1170. The predicted octanol–water partition coefficient (Wildman–Crippen LogP) is 5.90. The summed E-state index contributed by atoms with van der Waals surface area (Å²) in [5.74, 6) is 0.533. The highest BCUT2D eigenvalue weighted by Crippen LogP contribution is 2.23. The molecule has 0 saturated carbocycles. The van der Waals surface area contributed by atoms with Crippen LogP contribution in [0.5, 0.6) is 5.75 Å². The molecule has 0 spiro atoms. The molecule has 0 aliphatic carbocycles. The van der Waals surface area contributed by atoms with Crippen LogP contribution in [-0.4, -0.2) is 31.2 Å². The van der Waals surface area contributed by atoms with Crippen molar-refractivity contribution in [1.82, 2.24) is 10.3 Å². The first kappa shape index (κ1) is 25.0. The van der Waals surface area contributed by atoms with Gasteiger partial charge in [-0.15, -0.1) is 0 Å². The standard InChI is InChI=1S/C28H27ClN2O3/c1-4-21-8-13-25(31-27(21)5-2)18-34-26-14-9-22(10-15-26)23(17-30-28(32)19-33-3)16-20-6-11-24(29)12-7-20/h4-16H,1-2,17-19H2,3H3,(H,30,32)/b23-16-. The van der Waals surface area contributed by atoms with E-state index in [1.807, 2.05) is 66.7 Å². The van der Waals surface area contributed by atoms with Gasteiger partial charge in [-0.25, -0.2) is 4.98 Å². The lowest BCUT2D eigenvalue weighted by Gasteiger charge is -2.12. The quantitative estimate of drug-likeness (QED) is 0.351. The third-order valence-corrected chi connectivity index (χ3v) is 5.25. The predicted molar refractivity (Wildman–Crippen MR) is 139 cm³/mol. The molecule has 1 aromatic heterocycles. The van der Waals surface area contributed by atoms with Crippen molar-refractivity contribution in [2.75, 3.05) is 20.3 Å². The largest absolute Gasteiger partial charge is 0.487 e. The Balaban J connectivity index is 1.74. The lowest BCUT2D eigenvalue weighted by molar-refractivity contribution is -0.124. The summed E-state index contributed by atoms with van der Waals surface area (Å²) in [6.07, 6.45) is 5.47. The molecule has 0 saturated heterocycles. The second-order valence-electron chi connectivity index (χ2n) is 7.43. The van der Waals surface area contributed by atoms with E-state index in [4.69, 9.17) is 21.1 Å². The highest BCUT2D eigenvalue weighted by atomic mass is 35.5. The fourth-order valence-electron chi connectivity index (χ4n) is 3.24. The summed E-state index contributed by atoms with van der Waals surface area (Å²) in [5, 5.41) is 3.55. The minimum Gasteiger partial charge on any atom is -0.487 e. The van der Waals surface area contributed by atoms with Gasteiger partial charge in [-0.3, -0.25) is 4.79 Å². The maximum atomic E-state index is 11.9. The van der Waals surface area contributed by atoms with Gasteiger partial charge in [-0.1, -0.05) is 61.2 Å². The minimum atomic E-state index is -0.182. The minimum absolute atomic E-state index is 0.0103. The Kier molecular flexibility index (Phi) is 9.21. The molecule has 3 rings (SSSR count). The number of aromatic nitrogens is 1. The van der Waals surface area contributed by atoms with Crippen LogP contribution in [0.4, 0.5) is 0 Å². The maximum Gasteiger partial charge on any atom is 0.246 e. The van der Waals surface area contributed by atoms with E-state index in [9.17, 15) is 4.79 Å². The average Bonchev–Trinajstić information content (AvgIpc) is 2.86. The summed E-state index contributed by atoms with van der Waals surface area (Å²) < 4.78 is 10.8. The van der Waals surface area contributed by atoms with Crippen molar-refractivity contribution in [2.45, 2.75) is 6.61 Å². The lowest BCUT2D eigenvalue weighted by atomic mass is 10.0. The van der Waals surface area contributed by atoms with Gasteiger partial charge in [0, 0.05) is 18.7 Å². The van der Waals surface area contributed by atoms with E-state index in [1.165, 1.54) is 7.11 Å². The Morgan fingerprint density at radius 3 is 2.41 bits per heavy atom. The van der Waals surface area contributed by atoms with Crippen LogP contribution in [0.3, 0.4) is 0 Å². The van der Waals surface area contributed by atoms with Crippen LogP contribution in [0, 0.1) is 0 Å². The first-order chi connectivity index (χ1) is 16.5. The molecule has 0 radical (unpaired) electrons. The molecular formula is C28H27ClN2O3. The fraction of sp³-hybridized carbons (Fsp3) is 0.143. The monoisotopic (exact) mass is 474 g/mol. The Morgan fingerprint density at radius 1 is 1.03 bits per heavy atom. The number of carbonyl (C=O) groups is 1. The van der Waals surface area contributed by atoms with Crippen molar-refractivity contribution in [2.24, 2.45) is 0 Å². The zero-order valence-electron chi connectivity index (χ0n) is 19.1. The van der Waals surface area contributed by atoms with Gasteiger partial charge in [-0.05, 0) is 64.7 Å². The molecule has 0 aliphatic rings. The molecule has 6 heteroatoms. The third-order valence-electron chi connectivity index (χ3n) is 5.00. The molecule has 0 fully saturated rings. The zero-order valence-corrected chi connectivity index (χ0v) is 19.8. The Labute approximate surface area is 205 Å². The average molecular weight is 475 g/mol. The molecular weight excluding hydrogens is 448 g/mol. The van der Waals surface area contributed by atoms with Gasteiger partial charge in [0.2, 0.25) is 5.91 Å². The van der Waals surface area contributed by atoms with Gasteiger partial charge in [-0.2, -0.15) is 0 Å². The second-order valence-corrected chi connectivity index (χ2v) is 7.87. The topological polar surface area (TPSA) is 60.5 Å². The molecule has 1 heterocycles. The molecule has 5 nitrogen and oxygen atoms in total. The van der Waals surface area contributed by atoms with E-state index in [1.54, 1.807) is 12.2 Å². The third kappa shape index (κ3) is 7.17. The molecule has 174 valence electrons. The first-order valence-corrected chi connectivity index (χ1v) is 11.1. The van der Waals surface area contributed by atoms with Gasteiger partial charge in [0.25, 0.3) is 0 Å². The van der Waals surface area contributed by atoms with E-state index in [2.05, 4.69) is 23.5 Å². The zero-order chi connectivity index (χ0) is 24.3. The normalized spacial score (nSPS) is 11.1. The van der Waals surface area contributed by atoms with Gasteiger partial charge in [0.15, 0.2) is 0 Å². The van der Waals surface area contributed by atoms with Gasteiger partial charge >= 0.3 is 0 Å². The summed E-state index contributed by atoms with van der Waals surface area (Å²) >= 11 is 6.01. The number of amides is 1. The SMILES string of the molecule is C=Cc1ccc(COc2ccc(/C(=C\c3ccc(Cl)cc3)CNC(=O)COC)cc2)nc1C=C. The molecule has 2 aromatic carbocycles. The lowest BCUT2D eigenvalue weighted by Crippen LogP contribution is -2.28. The molecule has 34 heavy (non-hydrogen) atoms. The summed E-state index contributed by atoms with van der Waals surface area (Å²) in [6, 6.07) is 19.1. The number of rotatable bonds is 11. The number of hydrogen-bond donors (Lipinski definition) is 1. The first-order valence-electron chi connectivity index (χ1n) is 10.7. The van der Waals surface area contributed by atoms with Crippen molar-refractivity contribution in [3.63, 3.8) is 0 Å². The number of halogens is 1. The molecule has 0 aliphatic heterocycles. The van der Waals surface area contributed by atoms with Crippen molar-refractivity contribution < 1.29 is 14.3 Å². The molecule has 3 aromatic rings. The number of nitrogens with one attached hydrogen (secondary N) is 1. The summed E-state index contributed by atoms with van der Waals surface area (Å²) in [6.45, 7) is 8.29. The van der Waals surface area contributed by atoms with Crippen molar-refractivity contribution in [3.05, 3.63) is 107 Å². The van der Waals surface area contributed by atoms with Crippen molar-refractivity contribution in [1.29, 1.82) is 0 Å². The summed E-state index contributed by atoms with van der Waals surface area (Å²) in [5.41, 5.74) is 5.39. The maximum absolute atomic E-state index is 11.9. The number of carbonyl (C=O) groups excluding carboxylic acids is 1. The van der Waals surface area contributed by atoms with Crippen molar-refractivity contribution >= 4 is 41.3 Å². The Hall–Kier alpha value is -3.67. The van der Waals surface area contributed by atoms with Crippen LogP contribution in [0.1, 0.15) is 28.1 Å². The van der Waals surface area contributed by atoms with Crippen molar-refractivity contribution in [3.8, 4) is 5.75 Å². The summed E-state index contributed by atoms with van der Waals surface area (Å²) in [7, 11) is 1.49. The van der Waals surface area contributed by atoms with Gasteiger partial charge < -0.3 is 14.8 Å². The number of ether oxygens (including phenoxy) is 2. The highest BCUT2D eigenvalue weighted by Gasteiger charge is 2.07. The van der Waals surface area contributed by atoms with Gasteiger partial charge in [0.1, 0.15) is 19.0 Å². The number of hydrogen-bond acceptors (Lipinski definition) is 4. The van der Waals surface area contributed by atoms with Crippen LogP contribution in [0.2, 0.25) is 5.02 Å². The van der Waals surface area contributed by atoms with E-state index < -0.39 is 0 Å². The van der Waals surface area contributed by atoms with Crippen LogP contribution in [0.25, 0.3) is 23.8 Å². The van der Waals surface area contributed by atoms with E-state index >= 15 is 0 Å². The van der Waals surface area contributed by atoms with E-state index in [0.29, 0.717) is 23.9 Å². The van der Waals surface area contributed by atoms with Crippen LogP contribution in [0.15, 0.2) is 73.8 Å². The summed E-state index contributed by atoms with van der Waals surface area (Å²) in [4.78, 5) is 16.5. The smallest absolute Gasteiger partial charge is 0.246 e. The molecule has 1 amide bonds. The molecule has 0 unspecified atom stereocenters. The number of benzene rings is 2. The fourth-order valence-corrected chi connectivity index (χ4v) is 3.37. The van der Waals surface area contributed by atoms with Crippen LogP contribution >= 0.6 is 11.6 Å². The van der Waals surface area contributed by atoms with Gasteiger partial charge in [0.05, 0.1) is 11.4 Å². The number of pyridine rings is 1.